The summed E-state index contributed by atoms with van der Waals surface area (Å²) in [7, 11) is 0. The normalized spacial score (nSPS) is 13.3. The maximum absolute atomic E-state index is 11.8. The van der Waals surface area contributed by atoms with Crippen molar-refractivity contribution >= 4 is 39.7 Å². The highest BCUT2D eigenvalue weighted by molar-refractivity contribution is 14.1. The molecule has 1 heterocycles. The maximum Gasteiger partial charge on any atom is 0.166 e. The highest BCUT2D eigenvalue weighted by atomic mass is 127. The Kier molecular flexibility index (Phi) is 3.91. The summed E-state index contributed by atoms with van der Waals surface area (Å²) in [6, 6.07) is 1.96. The Labute approximate surface area is 96.7 Å². The molecule has 0 N–H and O–H groups in total. The van der Waals surface area contributed by atoms with Crippen LogP contribution in [0.15, 0.2) is 11.4 Å². The number of carbonyl (C=O) groups is 1. The van der Waals surface area contributed by atoms with E-state index in [0.29, 0.717) is 5.92 Å². The van der Waals surface area contributed by atoms with E-state index in [0.717, 1.165) is 5.56 Å². The van der Waals surface area contributed by atoms with Crippen LogP contribution in [-0.4, -0.2) is 5.78 Å². The Hall–Kier alpha value is 0.1000. The molecule has 13 heavy (non-hydrogen) atoms. The third-order valence-corrected chi connectivity index (χ3v) is 4.05. The summed E-state index contributed by atoms with van der Waals surface area (Å²) in [4.78, 5) is 11.8. The van der Waals surface area contributed by atoms with Crippen molar-refractivity contribution in [1.29, 1.82) is 0 Å². The van der Waals surface area contributed by atoms with Gasteiger partial charge in [0.1, 0.15) is 0 Å². The molecule has 3 heteroatoms. The first-order valence-electron chi connectivity index (χ1n) is 4.30. The zero-order valence-corrected chi connectivity index (χ0v) is 11.0. The smallest absolute Gasteiger partial charge is 0.166 e. The highest BCUT2D eigenvalue weighted by Crippen LogP contribution is 2.22. The average Bonchev–Trinajstić information content (AvgIpc) is 2.49. The van der Waals surface area contributed by atoms with Gasteiger partial charge in [-0.1, -0.05) is 20.8 Å². The van der Waals surface area contributed by atoms with Gasteiger partial charge in [0.15, 0.2) is 5.78 Å². The first kappa shape index (κ1) is 11.2. The van der Waals surface area contributed by atoms with E-state index >= 15 is 0 Å². The van der Waals surface area contributed by atoms with Crippen molar-refractivity contribution in [3.63, 3.8) is 0 Å². The number of rotatable bonds is 3. The Balaban J connectivity index is 2.79. The molecule has 72 valence electrons. The first-order valence-corrected chi connectivity index (χ1v) is 6.26. The van der Waals surface area contributed by atoms with Gasteiger partial charge in [0.2, 0.25) is 0 Å². The van der Waals surface area contributed by atoms with Crippen LogP contribution in [0, 0.1) is 14.7 Å². The highest BCUT2D eigenvalue weighted by Gasteiger charge is 2.18. The molecule has 0 amide bonds. The van der Waals surface area contributed by atoms with Crippen LogP contribution in [0.3, 0.4) is 0 Å². The lowest BCUT2D eigenvalue weighted by Gasteiger charge is -2.12. The number of halogens is 1. The van der Waals surface area contributed by atoms with Crippen molar-refractivity contribution < 1.29 is 4.79 Å². The lowest BCUT2D eigenvalue weighted by Crippen LogP contribution is -2.16. The number of thiophene rings is 1. The number of ketones is 1. The van der Waals surface area contributed by atoms with E-state index in [1.807, 2.05) is 18.4 Å². The number of hydrogen-bond donors (Lipinski definition) is 0. The van der Waals surface area contributed by atoms with Gasteiger partial charge in [-0.05, 0) is 34.6 Å². The van der Waals surface area contributed by atoms with E-state index in [1.54, 1.807) is 11.3 Å². The second-order valence-electron chi connectivity index (χ2n) is 3.54. The van der Waals surface area contributed by atoms with E-state index < -0.39 is 0 Å². The van der Waals surface area contributed by atoms with Crippen molar-refractivity contribution in [2.24, 2.45) is 11.8 Å². The van der Waals surface area contributed by atoms with E-state index in [4.69, 9.17) is 0 Å². The van der Waals surface area contributed by atoms with Crippen LogP contribution < -0.4 is 0 Å². The predicted molar refractivity (Wildman–Crippen MR) is 65.4 cm³/mol. The molecule has 0 aliphatic heterocycles. The molecular formula is C10H13IOS. The molecule has 1 atom stereocenters. The standard InChI is InChI=1S/C10H13IOS/c1-6(2)7(3)10(12)8-4-9(11)13-5-8/h4-7H,1-3H3. The third-order valence-electron chi connectivity index (χ3n) is 2.27. The second kappa shape index (κ2) is 4.55. The van der Waals surface area contributed by atoms with Crippen molar-refractivity contribution in [3.8, 4) is 0 Å². The van der Waals surface area contributed by atoms with Crippen LogP contribution in [0.25, 0.3) is 0 Å². The summed E-state index contributed by atoms with van der Waals surface area (Å²) < 4.78 is 1.18. The summed E-state index contributed by atoms with van der Waals surface area (Å²) >= 11 is 3.87. The molecule has 1 aromatic heterocycles. The van der Waals surface area contributed by atoms with Crippen LogP contribution in [0.2, 0.25) is 0 Å². The van der Waals surface area contributed by atoms with E-state index in [1.165, 1.54) is 2.88 Å². The Morgan fingerprint density at radius 1 is 1.46 bits per heavy atom. The minimum absolute atomic E-state index is 0.130. The molecule has 1 aromatic rings. The van der Waals surface area contributed by atoms with E-state index in [-0.39, 0.29) is 11.7 Å². The molecule has 0 aromatic carbocycles. The van der Waals surface area contributed by atoms with Gasteiger partial charge in [-0.3, -0.25) is 4.79 Å². The van der Waals surface area contributed by atoms with Crippen LogP contribution in [0.4, 0.5) is 0 Å². The summed E-state index contributed by atoms with van der Waals surface area (Å²) in [5.41, 5.74) is 0.871. The van der Waals surface area contributed by atoms with E-state index in [2.05, 4.69) is 36.4 Å². The zero-order chi connectivity index (χ0) is 10.0. The van der Waals surface area contributed by atoms with Gasteiger partial charge in [-0.2, -0.15) is 0 Å². The fourth-order valence-corrected chi connectivity index (χ4v) is 2.34. The molecule has 0 saturated carbocycles. The van der Waals surface area contributed by atoms with Gasteiger partial charge in [0.25, 0.3) is 0 Å². The molecule has 0 saturated heterocycles. The molecule has 0 aliphatic rings. The third kappa shape index (κ3) is 2.77. The van der Waals surface area contributed by atoms with Gasteiger partial charge < -0.3 is 0 Å². The fourth-order valence-electron chi connectivity index (χ4n) is 1.00. The van der Waals surface area contributed by atoms with Crippen molar-refractivity contribution in [2.75, 3.05) is 0 Å². The molecule has 1 nitrogen and oxygen atoms in total. The maximum atomic E-state index is 11.8. The van der Waals surface area contributed by atoms with Crippen LogP contribution >= 0.6 is 33.9 Å². The van der Waals surface area contributed by atoms with Gasteiger partial charge in [0.05, 0.1) is 2.88 Å². The molecule has 0 aliphatic carbocycles. The Morgan fingerprint density at radius 2 is 2.08 bits per heavy atom. The predicted octanol–water partition coefficient (Wildman–Crippen LogP) is 3.83. The number of Topliss-reactive ketones (excluding diaryl/α,β-unsaturated/α-hetero) is 1. The second-order valence-corrected chi connectivity index (χ2v) is 6.34. The lowest BCUT2D eigenvalue weighted by atomic mass is 9.91. The minimum Gasteiger partial charge on any atom is -0.294 e. The molecule has 0 spiro atoms. The minimum atomic E-state index is 0.130. The van der Waals surface area contributed by atoms with Crippen LogP contribution in [0.1, 0.15) is 31.1 Å². The number of hydrogen-bond acceptors (Lipinski definition) is 2. The Morgan fingerprint density at radius 3 is 2.46 bits per heavy atom. The zero-order valence-electron chi connectivity index (χ0n) is 8.00. The molecule has 0 bridgehead atoms. The SMILES string of the molecule is CC(C)C(C)C(=O)c1csc(I)c1. The topological polar surface area (TPSA) is 17.1 Å². The van der Waals surface area contributed by atoms with Crippen molar-refractivity contribution in [1.82, 2.24) is 0 Å². The molecular weight excluding hydrogens is 295 g/mol. The van der Waals surface area contributed by atoms with E-state index in [9.17, 15) is 4.79 Å². The molecule has 0 fully saturated rings. The summed E-state index contributed by atoms with van der Waals surface area (Å²) in [5, 5.41) is 1.95. The quantitative estimate of drug-likeness (QED) is 0.613. The van der Waals surface area contributed by atoms with Crippen molar-refractivity contribution in [2.45, 2.75) is 20.8 Å². The van der Waals surface area contributed by atoms with Crippen LogP contribution in [0.5, 0.6) is 0 Å². The fraction of sp³-hybridized carbons (Fsp3) is 0.500. The number of carbonyl (C=O) groups excluding carboxylic acids is 1. The molecule has 0 radical (unpaired) electrons. The molecule has 1 unspecified atom stereocenters. The van der Waals surface area contributed by atoms with Crippen molar-refractivity contribution in [3.05, 3.63) is 19.9 Å². The lowest BCUT2D eigenvalue weighted by molar-refractivity contribution is 0.0900. The van der Waals surface area contributed by atoms with Gasteiger partial charge in [0, 0.05) is 16.9 Å². The first-order chi connectivity index (χ1) is 6.02. The monoisotopic (exact) mass is 308 g/mol. The molecule has 1 rings (SSSR count). The van der Waals surface area contributed by atoms with Crippen LogP contribution in [-0.2, 0) is 0 Å². The van der Waals surface area contributed by atoms with Gasteiger partial charge in [-0.25, -0.2) is 0 Å². The summed E-state index contributed by atoms with van der Waals surface area (Å²) in [5.74, 6) is 0.824. The Bertz CT molecular complexity index is 304. The summed E-state index contributed by atoms with van der Waals surface area (Å²) in [6.45, 7) is 6.16. The van der Waals surface area contributed by atoms with Gasteiger partial charge in [-0.15, -0.1) is 11.3 Å². The summed E-state index contributed by atoms with van der Waals surface area (Å²) in [6.07, 6.45) is 0. The largest absolute Gasteiger partial charge is 0.294 e. The van der Waals surface area contributed by atoms with Gasteiger partial charge >= 0.3 is 0 Å². The average molecular weight is 308 g/mol.